The molecule has 2 aromatic heterocycles. The zero-order chi connectivity index (χ0) is 8.23. The van der Waals surface area contributed by atoms with E-state index < -0.39 is 0 Å². The van der Waals surface area contributed by atoms with Crippen molar-refractivity contribution in [2.45, 2.75) is 0 Å². The van der Waals surface area contributed by atoms with Gasteiger partial charge in [-0.2, -0.15) is 0 Å². The van der Waals surface area contributed by atoms with E-state index in [0.717, 1.165) is 11.5 Å². The molecule has 0 aromatic carbocycles. The predicted molar refractivity (Wildman–Crippen MR) is 49.8 cm³/mol. The first-order valence-corrected chi connectivity index (χ1v) is 4.49. The molecular formula is C9H7NOS. The van der Waals surface area contributed by atoms with Crippen LogP contribution < -0.4 is 0 Å². The van der Waals surface area contributed by atoms with E-state index in [9.17, 15) is 0 Å². The van der Waals surface area contributed by atoms with Crippen LogP contribution in [0.3, 0.4) is 0 Å². The van der Waals surface area contributed by atoms with Gasteiger partial charge in [-0.25, -0.2) is 4.98 Å². The minimum absolute atomic E-state index is 0.850. The third kappa shape index (κ3) is 1.62. The average Bonchev–Trinajstić information content (AvgIpc) is 2.74. The number of hydrogen-bond acceptors (Lipinski definition) is 3. The van der Waals surface area contributed by atoms with Gasteiger partial charge in [0.15, 0.2) is 0 Å². The summed E-state index contributed by atoms with van der Waals surface area (Å²) in [6, 6.07) is 3.77. The summed E-state index contributed by atoms with van der Waals surface area (Å²) in [7, 11) is 0. The average molecular weight is 177 g/mol. The van der Waals surface area contributed by atoms with Crippen LogP contribution in [0.1, 0.15) is 11.5 Å². The maximum Gasteiger partial charge on any atom is 0.126 e. The van der Waals surface area contributed by atoms with Crippen LogP contribution >= 0.6 is 11.3 Å². The fraction of sp³-hybridized carbons (Fsp3) is 0. The lowest BCUT2D eigenvalue weighted by Crippen LogP contribution is -1.66. The van der Waals surface area contributed by atoms with Gasteiger partial charge in [-0.15, -0.1) is 11.3 Å². The molecule has 0 N–H and O–H groups in total. The van der Waals surface area contributed by atoms with Gasteiger partial charge in [-0.1, -0.05) is 0 Å². The molecule has 0 saturated carbocycles. The SMILES string of the molecule is C(=Cc1ccco1)c1cscn1. The van der Waals surface area contributed by atoms with Crippen molar-refractivity contribution < 1.29 is 4.42 Å². The van der Waals surface area contributed by atoms with Gasteiger partial charge in [0.25, 0.3) is 0 Å². The van der Waals surface area contributed by atoms with E-state index in [4.69, 9.17) is 4.42 Å². The van der Waals surface area contributed by atoms with E-state index in [0.29, 0.717) is 0 Å². The fourth-order valence-corrected chi connectivity index (χ4v) is 1.38. The van der Waals surface area contributed by atoms with Crippen LogP contribution in [0.5, 0.6) is 0 Å². The van der Waals surface area contributed by atoms with Crippen LogP contribution in [0.25, 0.3) is 12.2 Å². The lowest BCUT2D eigenvalue weighted by molar-refractivity contribution is 0.557. The number of furan rings is 1. The van der Waals surface area contributed by atoms with Crippen molar-refractivity contribution in [1.29, 1.82) is 0 Å². The topological polar surface area (TPSA) is 26.0 Å². The lowest BCUT2D eigenvalue weighted by Gasteiger charge is -1.81. The highest BCUT2D eigenvalue weighted by Crippen LogP contribution is 2.08. The number of thiazole rings is 1. The number of nitrogens with zero attached hydrogens (tertiary/aromatic N) is 1. The number of rotatable bonds is 2. The standard InChI is InChI=1S/C9H7NOS/c1-2-9(11-5-1)4-3-8-6-12-7-10-8/h1-7H. The van der Waals surface area contributed by atoms with E-state index in [2.05, 4.69) is 4.98 Å². The van der Waals surface area contributed by atoms with Crippen LogP contribution in [0.15, 0.2) is 33.7 Å². The molecule has 0 aliphatic heterocycles. The molecule has 12 heavy (non-hydrogen) atoms. The molecule has 0 aliphatic carbocycles. The van der Waals surface area contributed by atoms with Crippen LogP contribution in [0.2, 0.25) is 0 Å². The zero-order valence-corrected chi connectivity index (χ0v) is 7.12. The molecule has 60 valence electrons. The Labute approximate surface area is 74.2 Å². The van der Waals surface area contributed by atoms with Gasteiger partial charge in [-0.3, -0.25) is 0 Å². The summed E-state index contributed by atoms with van der Waals surface area (Å²) in [6.07, 6.45) is 5.48. The molecule has 3 heteroatoms. The third-order valence-electron chi connectivity index (χ3n) is 1.41. The molecule has 2 nitrogen and oxygen atoms in total. The summed E-state index contributed by atoms with van der Waals surface area (Å²) in [6.45, 7) is 0. The molecule has 0 radical (unpaired) electrons. The van der Waals surface area contributed by atoms with Crippen molar-refractivity contribution in [3.8, 4) is 0 Å². The third-order valence-corrected chi connectivity index (χ3v) is 2.02. The Morgan fingerprint density at radius 3 is 3.08 bits per heavy atom. The summed E-state index contributed by atoms with van der Waals surface area (Å²) < 4.78 is 5.12. The highest BCUT2D eigenvalue weighted by atomic mass is 32.1. The van der Waals surface area contributed by atoms with Crippen molar-refractivity contribution in [3.63, 3.8) is 0 Å². The summed E-state index contributed by atoms with van der Waals surface area (Å²) in [5.74, 6) is 0.850. The van der Waals surface area contributed by atoms with Crippen LogP contribution in [0.4, 0.5) is 0 Å². The molecule has 2 aromatic rings. The summed E-state index contributed by atoms with van der Waals surface area (Å²) in [5, 5.41) is 1.99. The van der Waals surface area contributed by atoms with Crippen molar-refractivity contribution in [2.24, 2.45) is 0 Å². The van der Waals surface area contributed by atoms with E-state index in [1.54, 1.807) is 17.6 Å². The first-order chi connectivity index (χ1) is 5.95. The normalized spacial score (nSPS) is 11.0. The molecule has 0 bridgehead atoms. The second kappa shape index (κ2) is 3.36. The Balaban J connectivity index is 2.14. The highest BCUT2D eigenvalue weighted by Gasteiger charge is 1.89. The van der Waals surface area contributed by atoms with E-state index in [1.165, 1.54) is 0 Å². The maximum atomic E-state index is 5.12. The number of hydrogen-bond donors (Lipinski definition) is 0. The molecule has 2 rings (SSSR count). The quantitative estimate of drug-likeness (QED) is 0.705. The highest BCUT2D eigenvalue weighted by molar-refractivity contribution is 7.07. The van der Waals surface area contributed by atoms with Gasteiger partial charge in [0.2, 0.25) is 0 Å². The molecule has 0 fully saturated rings. The van der Waals surface area contributed by atoms with E-state index in [-0.39, 0.29) is 0 Å². The van der Waals surface area contributed by atoms with Gasteiger partial charge < -0.3 is 4.42 Å². The summed E-state index contributed by atoms with van der Waals surface area (Å²) >= 11 is 1.58. The van der Waals surface area contributed by atoms with Gasteiger partial charge in [0.1, 0.15) is 5.76 Å². The van der Waals surface area contributed by atoms with Crippen LogP contribution in [-0.4, -0.2) is 4.98 Å². The maximum absolute atomic E-state index is 5.12. The molecule has 0 unspecified atom stereocenters. The van der Waals surface area contributed by atoms with E-state index in [1.807, 2.05) is 35.2 Å². The van der Waals surface area contributed by atoms with Gasteiger partial charge in [0, 0.05) is 5.38 Å². The van der Waals surface area contributed by atoms with E-state index >= 15 is 0 Å². The van der Waals surface area contributed by atoms with Crippen molar-refractivity contribution >= 4 is 23.5 Å². The molecular weight excluding hydrogens is 170 g/mol. The minimum atomic E-state index is 0.850. The van der Waals surface area contributed by atoms with Crippen molar-refractivity contribution in [1.82, 2.24) is 4.98 Å². The first-order valence-electron chi connectivity index (χ1n) is 3.55. The lowest BCUT2D eigenvalue weighted by atomic mass is 10.3. The molecule has 0 spiro atoms. The minimum Gasteiger partial charge on any atom is -0.465 e. The molecule has 0 atom stereocenters. The molecule has 0 aliphatic rings. The first kappa shape index (κ1) is 7.31. The zero-order valence-electron chi connectivity index (χ0n) is 6.31. The van der Waals surface area contributed by atoms with Crippen molar-refractivity contribution in [2.75, 3.05) is 0 Å². The molecule has 2 heterocycles. The summed E-state index contributed by atoms with van der Waals surface area (Å²) in [5.41, 5.74) is 2.78. The Morgan fingerprint density at radius 1 is 1.42 bits per heavy atom. The van der Waals surface area contributed by atoms with Gasteiger partial charge in [0.05, 0.1) is 17.5 Å². The van der Waals surface area contributed by atoms with Gasteiger partial charge >= 0.3 is 0 Å². The largest absolute Gasteiger partial charge is 0.465 e. The second-order valence-corrected chi connectivity index (χ2v) is 2.98. The second-order valence-electron chi connectivity index (χ2n) is 2.26. The Bertz CT molecular complexity index is 312. The smallest absolute Gasteiger partial charge is 0.126 e. The molecule has 0 saturated heterocycles. The summed E-state index contributed by atoms with van der Waals surface area (Å²) in [4.78, 5) is 4.11. The molecule has 0 amide bonds. The van der Waals surface area contributed by atoms with Crippen LogP contribution in [-0.2, 0) is 0 Å². The van der Waals surface area contributed by atoms with Gasteiger partial charge in [-0.05, 0) is 24.3 Å². The monoisotopic (exact) mass is 177 g/mol. The fourth-order valence-electron chi connectivity index (χ4n) is 0.858. The Hall–Kier alpha value is -1.35. The number of aromatic nitrogens is 1. The Morgan fingerprint density at radius 2 is 2.42 bits per heavy atom. The Kier molecular flexibility index (Phi) is 2.05. The van der Waals surface area contributed by atoms with Crippen molar-refractivity contribution in [3.05, 3.63) is 40.7 Å². The van der Waals surface area contributed by atoms with Crippen LogP contribution in [0, 0.1) is 0 Å². The predicted octanol–water partition coefficient (Wildman–Crippen LogP) is 2.91.